The van der Waals surface area contributed by atoms with Gasteiger partial charge in [-0.2, -0.15) is 0 Å². The molecule has 0 radical (unpaired) electrons. The van der Waals surface area contributed by atoms with E-state index in [1.807, 2.05) is 39.0 Å². The highest BCUT2D eigenvalue weighted by Crippen LogP contribution is 2.23. The van der Waals surface area contributed by atoms with Crippen molar-refractivity contribution in [2.45, 2.75) is 27.2 Å². The first kappa shape index (κ1) is 18.1. The number of rotatable bonds is 5. The second-order valence-electron chi connectivity index (χ2n) is 6.58. The van der Waals surface area contributed by atoms with Crippen LogP contribution in [0.1, 0.15) is 24.5 Å². The van der Waals surface area contributed by atoms with Gasteiger partial charge >= 0.3 is 12.0 Å². The first-order chi connectivity index (χ1) is 11.4. The SMILES string of the molecule is Cc1cccc(C)c1OCCNC(=O)N1CC(C)CC(C(=O)O)C1. The van der Waals surface area contributed by atoms with Gasteiger partial charge in [0, 0.05) is 13.1 Å². The Morgan fingerprint density at radius 1 is 1.29 bits per heavy atom. The molecule has 2 rings (SSSR count). The number of carboxylic acids is 1. The van der Waals surface area contributed by atoms with Crippen molar-refractivity contribution in [1.82, 2.24) is 10.2 Å². The topological polar surface area (TPSA) is 78.9 Å². The van der Waals surface area contributed by atoms with Crippen LogP contribution in [-0.4, -0.2) is 48.2 Å². The monoisotopic (exact) mass is 334 g/mol. The van der Waals surface area contributed by atoms with Gasteiger partial charge in [0.15, 0.2) is 0 Å². The Morgan fingerprint density at radius 3 is 2.58 bits per heavy atom. The summed E-state index contributed by atoms with van der Waals surface area (Å²) in [5, 5.41) is 12.0. The molecule has 1 saturated heterocycles. The quantitative estimate of drug-likeness (QED) is 0.811. The summed E-state index contributed by atoms with van der Waals surface area (Å²) in [4.78, 5) is 25.0. The van der Waals surface area contributed by atoms with Crippen molar-refractivity contribution in [3.63, 3.8) is 0 Å². The Kier molecular flexibility index (Phi) is 6.06. The Balaban J connectivity index is 1.80. The number of likely N-dealkylation sites (tertiary alicyclic amines) is 1. The van der Waals surface area contributed by atoms with Crippen molar-refractivity contribution in [2.75, 3.05) is 26.2 Å². The maximum Gasteiger partial charge on any atom is 0.317 e. The second-order valence-corrected chi connectivity index (χ2v) is 6.58. The van der Waals surface area contributed by atoms with Crippen LogP contribution in [0.5, 0.6) is 5.75 Å². The third-order valence-corrected chi connectivity index (χ3v) is 4.33. The number of hydrogen-bond donors (Lipinski definition) is 2. The molecule has 0 saturated carbocycles. The minimum atomic E-state index is -0.835. The molecule has 1 aliphatic heterocycles. The maximum absolute atomic E-state index is 12.2. The van der Waals surface area contributed by atoms with Crippen LogP contribution in [0.15, 0.2) is 18.2 Å². The van der Waals surface area contributed by atoms with Crippen LogP contribution in [0.2, 0.25) is 0 Å². The maximum atomic E-state index is 12.2. The van der Waals surface area contributed by atoms with Gasteiger partial charge in [-0.15, -0.1) is 0 Å². The number of carboxylic acid groups (broad SMARTS) is 1. The Bertz CT molecular complexity index is 582. The Labute approximate surface area is 142 Å². The molecule has 132 valence electrons. The zero-order chi connectivity index (χ0) is 17.7. The molecule has 6 nitrogen and oxygen atoms in total. The van der Waals surface area contributed by atoms with Crippen LogP contribution in [0.3, 0.4) is 0 Å². The molecule has 2 atom stereocenters. The summed E-state index contributed by atoms with van der Waals surface area (Å²) >= 11 is 0. The zero-order valence-corrected chi connectivity index (χ0v) is 14.5. The molecule has 0 aliphatic carbocycles. The molecular weight excluding hydrogens is 308 g/mol. The van der Waals surface area contributed by atoms with Crippen LogP contribution in [0.25, 0.3) is 0 Å². The molecule has 0 aromatic heterocycles. The Morgan fingerprint density at radius 2 is 1.96 bits per heavy atom. The number of amides is 2. The number of benzene rings is 1. The first-order valence-electron chi connectivity index (χ1n) is 8.33. The molecule has 1 aliphatic rings. The Hall–Kier alpha value is -2.24. The van der Waals surface area contributed by atoms with Crippen molar-refractivity contribution < 1.29 is 19.4 Å². The molecular formula is C18H26N2O4. The molecule has 6 heteroatoms. The molecule has 2 amide bonds. The fourth-order valence-corrected chi connectivity index (χ4v) is 3.15. The number of ether oxygens (including phenoxy) is 1. The molecule has 2 N–H and O–H groups in total. The molecule has 0 spiro atoms. The number of aryl methyl sites for hydroxylation is 2. The van der Waals surface area contributed by atoms with Crippen LogP contribution >= 0.6 is 0 Å². The van der Waals surface area contributed by atoms with Crippen molar-refractivity contribution in [2.24, 2.45) is 11.8 Å². The largest absolute Gasteiger partial charge is 0.491 e. The van der Waals surface area contributed by atoms with Crippen LogP contribution in [0.4, 0.5) is 4.79 Å². The average Bonchev–Trinajstić information content (AvgIpc) is 2.52. The molecule has 1 aromatic carbocycles. The standard InChI is InChI=1S/C18H26N2O4/c1-12-9-15(17(21)22)11-20(10-12)18(23)19-7-8-24-16-13(2)5-4-6-14(16)3/h4-6,12,15H,7-11H2,1-3H3,(H,19,23)(H,21,22). The molecule has 0 bridgehead atoms. The number of hydrogen-bond acceptors (Lipinski definition) is 3. The normalized spacial score (nSPS) is 20.5. The highest BCUT2D eigenvalue weighted by Gasteiger charge is 2.31. The van der Waals surface area contributed by atoms with Gasteiger partial charge in [-0.1, -0.05) is 25.1 Å². The zero-order valence-electron chi connectivity index (χ0n) is 14.5. The summed E-state index contributed by atoms with van der Waals surface area (Å²) in [5.41, 5.74) is 2.13. The van der Waals surface area contributed by atoms with E-state index >= 15 is 0 Å². The third-order valence-electron chi connectivity index (χ3n) is 4.33. The third kappa shape index (κ3) is 4.63. The number of para-hydroxylation sites is 1. The number of carbonyl (C=O) groups is 2. The molecule has 2 unspecified atom stereocenters. The van der Waals surface area contributed by atoms with E-state index in [0.29, 0.717) is 26.1 Å². The van der Waals surface area contributed by atoms with E-state index in [0.717, 1.165) is 16.9 Å². The van der Waals surface area contributed by atoms with Gasteiger partial charge in [-0.25, -0.2) is 4.79 Å². The molecule has 24 heavy (non-hydrogen) atoms. The summed E-state index contributed by atoms with van der Waals surface area (Å²) in [6, 6.07) is 5.73. The van der Waals surface area contributed by atoms with Crippen molar-refractivity contribution >= 4 is 12.0 Å². The molecule has 1 fully saturated rings. The number of nitrogens with one attached hydrogen (secondary N) is 1. The lowest BCUT2D eigenvalue weighted by Crippen LogP contribution is -2.50. The molecule has 1 aromatic rings. The van der Waals surface area contributed by atoms with E-state index in [4.69, 9.17) is 9.84 Å². The predicted octanol–water partition coefficient (Wildman–Crippen LogP) is 2.43. The van der Waals surface area contributed by atoms with Crippen LogP contribution in [0, 0.1) is 25.7 Å². The number of piperidine rings is 1. The fourth-order valence-electron chi connectivity index (χ4n) is 3.15. The lowest BCUT2D eigenvalue weighted by molar-refractivity contribution is -0.143. The number of nitrogens with zero attached hydrogens (tertiary/aromatic N) is 1. The van der Waals surface area contributed by atoms with E-state index in [1.54, 1.807) is 4.90 Å². The van der Waals surface area contributed by atoms with Gasteiger partial charge in [0.25, 0.3) is 0 Å². The lowest BCUT2D eigenvalue weighted by atomic mass is 9.91. The van der Waals surface area contributed by atoms with Crippen molar-refractivity contribution in [1.29, 1.82) is 0 Å². The van der Waals surface area contributed by atoms with E-state index in [-0.39, 0.29) is 18.5 Å². The second kappa shape index (κ2) is 8.04. The van der Waals surface area contributed by atoms with Gasteiger partial charge in [0.1, 0.15) is 12.4 Å². The van der Waals surface area contributed by atoms with E-state index in [1.165, 1.54) is 0 Å². The van der Waals surface area contributed by atoms with Crippen LogP contribution in [-0.2, 0) is 4.79 Å². The minimum absolute atomic E-state index is 0.191. The van der Waals surface area contributed by atoms with Crippen LogP contribution < -0.4 is 10.1 Å². The summed E-state index contributed by atoms with van der Waals surface area (Å²) < 4.78 is 5.76. The van der Waals surface area contributed by atoms with E-state index < -0.39 is 11.9 Å². The predicted molar refractivity (Wildman–Crippen MR) is 91.3 cm³/mol. The number of carbonyl (C=O) groups excluding carboxylic acids is 1. The number of urea groups is 1. The smallest absolute Gasteiger partial charge is 0.317 e. The van der Waals surface area contributed by atoms with Crippen molar-refractivity contribution in [3.8, 4) is 5.75 Å². The van der Waals surface area contributed by atoms with Gasteiger partial charge < -0.3 is 20.1 Å². The summed E-state index contributed by atoms with van der Waals surface area (Å²) in [7, 11) is 0. The lowest BCUT2D eigenvalue weighted by Gasteiger charge is -2.34. The van der Waals surface area contributed by atoms with Gasteiger partial charge in [-0.05, 0) is 37.3 Å². The van der Waals surface area contributed by atoms with Gasteiger partial charge in [0.05, 0.1) is 12.5 Å². The highest BCUT2D eigenvalue weighted by atomic mass is 16.5. The van der Waals surface area contributed by atoms with E-state index in [9.17, 15) is 9.59 Å². The minimum Gasteiger partial charge on any atom is -0.491 e. The first-order valence-corrected chi connectivity index (χ1v) is 8.33. The van der Waals surface area contributed by atoms with Gasteiger partial charge in [-0.3, -0.25) is 4.79 Å². The summed E-state index contributed by atoms with van der Waals surface area (Å²) in [5.74, 6) is -0.274. The average molecular weight is 334 g/mol. The van der Waals surface area contributed by atoms with Crippen molar-refractivity contribution in [3.05, 3.63) is 29.3 Å². The number of aliphatic carboxylic acids is 1. The van der Waals surface area contributed by atoms with E-state index in [2.05, 4.69) is 5.32 Å². The molecule has 1 heterocycles. The summed E-state index contributed by atoms with van der Waals surface area (Å²) in [6.45, 7) is 7.57. The highest BCUT2D eigenvalue weighted by molar-refractivity contribution is 5.76. The van der Waals surface area contributed by atoms with Gasteiger partial charge in [0.2, 0.25) is 0 Å². The fraction of sp³-hybridized carbons (Fsp3) is 0.556. The summed E-state index contributed by atoms with van der Waals surface area (Å²) in [6.07, 6.45) is 0.620.